The summed E-state index contributed by atoms with van der Waals surface area (Å²) in [6.07, 6.45) is 5.87. The molecular weight excluding hydrogens is 477 g/mol. The van der Waals surface area contributed by atoms with Gasteiger partial charge in [-0.05, 0) is 75.5 Å². The molecule has 5 fully saturated rings. The molecule has 5 rings (SSSR count). The van der Waals surface area contributed by atoms with Crippen LogP contribution in [0.15, 0.2) is 0 Å². The Morgan fingerprint density at radius 1 is 1.05 bits per heavy atom. The fourth-order valence-corrected chi connectivity index (χ4v) is 8.50. The van der Waals surface area contributed by atoms with Crippen LogP contribution in [-0.2, 0) is 0 Å². The smallest absolute Gasteiger partial charge is 0.338 e. The number of nitrogens with zero attached hydrogens (tertiary/aromatic N) is 3. The molecular formula is C28H49F3N6. The SMILES string of the molecule is CC(C)C1CCCCC1C1NCC2C(N1)N(CC1CCC(N3C[C@@H](C(F)(F)F)C[C@H]3C)CC1)C(=N)N2C. The number of alkyl halides is 3. The third kappa shape index (κ3) is 5.51. The maximum absolute atomic E-state index is 13.3. The van der Waals surface area contributed by atoms with Crippen LogP contribution < -0.4 is 10.6 Å². The second-order valence-corrected chi connectivity index (χ2v) is 13.2. The van der Waals surface area contributed by atoms with E-state index in [1.807, 2.05) is 14.0 Å². The third-order valence-electron chi connectivity index (χ3n) is 10.7. The highest BCUT2D eigenvalue weighted by molar-refractivity contribution is 5.80. The quantitative estimate of drug-likeness (QED) is 0.486. The molecule has 3 heterocycles. The zero-order valence-corrected chi connectivity index (χ0v) is 23.2. The van der Waals surface area contributed by atoms with E-state index in [1.54, 1.807) is 0 Å². The number of hydrogen-bond acceptors (Lipinski definition) is 4. The summed E-state index contributed by atoms with van der Waals surface area (Å²) in [5, 5.41) is 16.7. The lowest BCUT2D eigenvalue weighted by atomic mass is 9.71. The fraction of sp³-hybridized carbons (Fsp3) is 0.964. The van der Waals surface area contributed by atoms with Crippen LogP contribution in [0, 0.1) is 35.0 Å². The Morgan fingerprint density at radius 3 is 2.41 bits per heavy atom. The van der Waals surface area contributed by atoms with Crippen molar-refractivity contribution in [1.29, 1.82) is 5.41 Å². The summed E-state index contributed by atoms with van der Waals surface area (Å²) in [6.45, 7) is 8.64. The van der Waals surface area contributed by atoms with E-state index in [0.717, 1.165) is 44.7 Å². The molecule has 6 nitrogen and oxygen atoms in total. The van der Waals surface area contributed by atoms with Crippen molar-refractivity contribution in [3.05, 3.63) is 0 Å². The Balaban J connectivity index is 1.19. The lowest BCUT2D eigenvalue weighted by Gasteiger charge is -2.46. The Morgan fingerprint density at radius 2 is 1.76 bits per heavy atom. The lowest BCUT2D eigenvalue weighted by Crippen LogP contribution is -2.67. The monoisotopic (exact) mass is 526 g/mol. The first-order valence-electron chi connectivity index (χ1n) is 14.9. The summed E-state index contributed by atoms with van der Waals surface area (Å²) in [7, 11) is 2.05. The van der Waals surface area contributed by atoms with Crippen LogP contribution in [0.3, 0.4) is 0 Å². The highest BCUT2D eigenvalue weighted by atomic mass is 19.4. The van der Waals surface area contributed by atoms with Crippen molar-refractivity contribution in [2.24, 2.45) is 29.6 Å². The second kappa shape index (κ2) is 10.8. The molecule has 5 unspecified atom stereocenters. The summed E-state index contributed by atoms with van der Waals surface area (Å²) in [5.74, 6) is 1.99. The largest absolute Gasteiger partial charge is 0.393 e. The number of rotatable bonds is 5. The van der Waals surface area contributed by atoms with Gasteiger partial charge in [-0.1, -0.05) is 26.7 Å². The topological polar surface area (TPSA) is 57.6 Å². The van der Waals surface area contributed by atoms with Gasteiger partial charge in [0.15, 0.2) is 5.96 Å². The molecule has 0 aromatic carbocycles. The molecule has 3 aliphatic heterocycles. The minimum atomic E-state index is -4.08. The molecule has 2 saturated carbocycles. The van der Waals surface area contributed by atoms with Gasteiger partial charge in [0.1, 0.15) is 6.17 Å². The van der Waals surface area contributed by atoms with Crippen LogP contribution in [0.25, 0.3) is 0 Å². The van der Waals surface area contributed by atoms with Gasteiger partial charge in [0, 0.05) is 38.8 Å². The van der Waals surface area contributed by atoms with Crippen molar-refractivity contribution in [2.75, 3.05) is 26.7 Å². The Kier molecular flexibility index (Phi) is 8.06. The first-order chi connectivity index (χ1) is 17.5. The first kappa shape index (κ1) is 27.5. The molecule has 9 heteroatoms. The number of fused-ring (bicyclic) bond motifs is 1. The predicted octanol–water partition coefficient (Wildman–Crippen LogP) is 4.68. The van der Waals surface area contributed by atoms with E-state index in [-0.39, 0.29) is 37.3 Å². The molecule has 3 saturated heterocycles. The molecule has 2 aliphatic carbocycles. The van der Waals surface area contributed by atoms with E-state index in [1.165, 1.54) is 25.7 Å². The van der Waals surface area contributed by atoms with Crippen LogP contribution in [-0.4, -0.2) is 84.0 Å². The highest BCUT2D eigenvalue weighted by Crippen LogP contribution is 2.41. The summed E-state index contributed by atoms with van der Waals surface area (Å²) >= 11 is 0. The molecule has 0 spiro atoms. The number of likely N-dealkylation sites (tertiary alicyclic amines) is 1. The average molecular weight is 527 g/mol. The maximum Gasteiger partial charge on any atom is 0.393 e. The molecule has 0 bridgehead atoms. The van der Waals surface area contributed by atoms with Crippen molar-refractivity contribution >= 4 is 5.96 Å². The first-order valence-corrected chi connectivity index (χ1v) is 14.9. The van der Waals surface area contributed by atoms with Gasteiger partial charge in [-0.25, -0.2) is 0 Å². The van der Waals surface area contributed by atoms with Crippen molar-refractivity contribution in [2.45, 2.75) is 115 Å². The molecule has 0 radical (unpaired) electrons. The van der Waals surface area contributed by atoms with Gasteiger partial charge in [0.05, 0.1) is 18.1 Å². The zero-order valence-electron chi connectivity index (χ0n) is 23.2. The molecule has 37 heavy (non-hydrogen) atoms. The number of halogens is 3. The van der Waals surface area contributed by atoms with Gasteiger partial charge in [-0.2, -0.15) is 13.2 Å². The van der Waals surface area contributed by atoms with Crippen LogP contribution >= 0.6 is 0 Å². The molecule has 0 amide bonds. The van der Waals surface area contributed by atoms with E-state index in [0.29, 0.717) is 29.9 Å². The predicted molar refractivity (Wildman–Crippen MR) is 141 cm³/mol. The van der Waals surface area contributed by atoms with Crippen molar-refractivity contribution in [1.82, 2.24) is 25.3 Å². The maximum atomic E-state index is 13.3. The molecule has 7 atom stereocenters. The van der Waals surface area contributed by atoms with Gasteiger partial charge >= 0.3 is 6.18 Å². The zero-order chi connectivity index (χ0) is 26.5. The number of guanidine groups is 1. The van der Waals surface area contributed by atoms with Gasteiger partial charge in [0.25, 0.3) is 0 Å². The molecule has 5 aliphatic rings. The minimum absolute atomic E-state index is 0.0136. The van der Waals surface area contributed by atoms with Crippen LogP contribution in [0.1, 0.15) is 78.6 Å². The van der Waals surface area contributed by atoms with Gasteiger partial charge in [0.2, 0.25) is 0 Å². The van der Waals surface area contributed by atoms with E-state index in [2.05, 4.69) is 39.2 Å². The van der Waals surface area contributed by atoms with Crippen molar-refractivity contribution in [3.8, 4) is 0 Å². The standard InChI is InChI=1S/C28H49F3N6/c1-17(2)22-7-5-6-8-23(22)25-33-14-24-26(34-25)37(27(32)35(24)4)15-19-9-11-21(12-10-19)36-16-20(13-18(36)3)28(29,30)31/h17-26,32-34H,5-16H2,1-4H3/t18-,19?,20+,21?,22?,23?,24?,25?,26?/m1/s1. The van der Waals surface area contributed by atoms with E-state index in [4.69, 9.17) is 5.41 Å². The summed E-state index contributed by atoms with van der Waals surface area (Å²) in [4.78, 5) is 6.57. The minimum Gasteiger partial charge on any atom is -0.338 e. The number of nitrogens with one attached hydrogen (secondary N) is 3. The molecule has 212 valence electrons. The molecule has 0 aromatic rings. The van der Waals surface area contributed by atoms with Crippen LogP contribution in [0.5, 0.6) is 0 Å². The average Bonchev–Trinajstić information content (AvgIpc) is 3.38. The Bertz CT molecular complexity index is 797. The van der Waals surface area contributed by atoms with Crippen LogP contribution in [0.4, 0.5) is 13.2 Å². The van der Waals surface area contributed by atoms with E-state index < -0.39 is 12.1 Å². The highest BCUT2D eigenvalue weighted by Gasteiger charge is 2.50. The molecule has 3 N–H and O–H groups in total. The number of likely N-dealkylation sites (N-methyl/N-ethyl adjacent to an activating group) is 1. The Hall–Kier alpha value is -1.06. The second-order valence-electron chi connectivity index (χ2n) is 13.2. The fourth-order valence-electron chi connectivity index (χ4n) is 8.50. The van der Waals surface area contributed by atoms with Gasteiger partial charge in [-0.3, -0.25) is 20.9 Å². The van der Waals surface area contributed by atoms with Crippen molar-refractivity contribution in [3.63, 3.8) is 0 Å². The Labute approximate surface area is 221 Å². The summed E-state index contributed by atoms with van der Waals surface area (Å²) in [6, 6.07) is 0.540. The summed E-state index contributed by atoms with van der Waals surface area (Å²) < 4.78 is 39.9. The van der Waals surface area contributed by atoms with E-state index in [9.17, 15) is 13.2 Å². The lowest BCUT2D eigenvalue weighted by molar-refractivity contribution is -0.171. The third-order valence-corrected chi connectivity index (χ3v) is 10.7. The van der Waals surface area contributed by atoms with E-state index >= 15 is 0 Å². The van der Waals surface area contributed by atoms with Crippen LogP contribution in [0.2, 0.25) is 0 Å². The molecule has 0 aromatic heterocycles. The number of hydrogen-bond donors (Lipinski definition) is 3. The summed E-state index contributed by atoms with van der Waals surface area (Å²) in [5.41, 5.74) is 0. The normalized spacial score (nSPS) is 42.1. The van der Waals surface area contributed by atoms with Gasteiger partial charge < -0.3 is 9.80 Å². The van der Waals surface area contributed by atoms with Gasteiger partial charge in [-0.15, -0.1) is 0 Å². The van der Waals surface area contributed by atoms with Crippen molar-refractivity contribution < 1.29 is 13.2 Å².